The molecule has 0 aliphatic carbocycles. The first-order valence-corrected chi connectivity index (χ1v) is 15.6. The van der Waals surface area contributed by atoms with E-state index in [1.807, 2.05) is 103 Å². The zero-order valence-corrected chi connectivity index (χ0v) is 25.2. The minimum absolute atomic E-state index is 0.609. The third-order valence-electron chi connectivity index (χ3n) is 8.51. The Balaban J connectivity index is 1.26. The number of hydrogen-bond donors (Lipinski definition) is 0. The SMILES string of the molecule is c1ccc(-c2nc(-c3ccccc3)nc(-c3cccc(-c4cccc5c4nc(-c4ccccc4)c4c6ccccc6oc54)c3)n2)cc1. The molecule has 47 heavy (non-hydrogen) atoms. The number of hydrogen-bond acceptors (Lipinski definition) is 5. The molecule has 0 unspecified atom stereocenters. The molecule has 0 saturated carbocycles. The normalized spacial score (nSPS) is 11.4. The highest BCUT2D eigenvalue weighted by Crippen LogP contribution is 2.42. The maximum Gasteiger partial charge on any atom is 0.164 e. The fraction of sp³-hybridized carbons (Fsp3) is 0. The molecule has 220 valence electrons. The number of para-hydroxylation sites is 2. The Morgan fingerprint density at radius 1 is 0.383 bits per heavy atom. The van der Waals surface area contributed by atoms with Gasteiger partial charge in [-0.2, -0.15) is 0 Å². The monoisotopic (exact) mass is 602 g/mol. The third kappa shape index (κ3) is 4.73. The molecule has 5 heteroatoms. The minimum atomic E-state index is 0.609. The highest BCUT2D eigenvalue weighted by molar-refractivity contribution is 6.20. The predicted octanol–water partition coefficient (Wildman–Crippen LogP) is 10.7. The van der Waals surface area contributed by atoms with Gasteiger partial charge >= 0.3 is 0 Å². The summed E-state index contributed by atoms with van der Waals surface area (Å²) in [5.41, 5.74) is 9.29. The second-order valence-electron chi connectivity index (χ2n) is 11.4. The molecule has 9 aromatic rings. The molecule has 0 spiro atoms. The lowest BCUT2D eigenvalue weighted by atomic mass is 9.97. The van der Waals surface area contributed by atoms with Crippen molar-refractivity contribution in [3.63, 3.8) is 0 Å². The van der Waals surface area contributed by atoms with Crippen molar-refractivity contribution in [3.8, 4) is 56.5 Å². The van der Waals surface area contributed by atoms with Crippen molar-refractivity contribution in [1.29, 1.82) is 0 Å². The third-order valence-corrected chi connectivity index (χ3v) is 8.51. The van der Waals surface area contributed by atoms with Gasteiger partial charge in [0.05, 0.1) is 16.6 Å². The van der Waals surface area contributed by atoms with E-state index in [0.717, 1.165) is 71.9 Å². The van der Waals surface area contributed by atoms with Gasteiger partial charge in [0.2, 0.25) is 0 Å². The number of fused-ring (bicyclic) bond motifs is 5. The van der Waals surface area contributed by atoms with Gasteiger partial charge in [0, 0.05) is 38.6 Å². The summed E-state index contributed by atoms with van der Waals surface area (Å²) >= 11 is 0. The Morgan fingerprint density at radius 3 is 1.57 bits per heavy atom. The van der Waals surface area contributed by atoms with Crippen LogP contribution in [0, 0.1) is 0 Å². The van der Waals surface area contributed by atoms with Crippen LogP contribution in [-0.4, -0.2) is 19.9 Å². The number of rotatable bonds is 5. The molecule has 0 fully saturated rings. The van der Waals surface area contributed by atoms with Gasteiger partial charge in [-0.1, -0.05) is 140 Å². The number of pyridine rings is 1. The van der Waals surface area contributed by atoms with Crippen molar-refractivity contribution in [2.45, 2.75) is 0 Å². The average molecular weight is 603 g/mol. The van der Waals surface area contributed by atoms with Crippen molar-refractivity contribution < 1.29 is 4.42 Å². The molecule has 0 aliphatic heterocycles. The van der Waals surface area contributed by atoms with Crippen LogP contribution in [0.5, 0.6) is 0 Å². The highest BCUT2D eigenvalue weighted by Gasteiger charge is 2.20. The molecule has 0 saturated heterocycles. The van der Waals surface area contributed by atoms with Gasteiger partial charge in [0.1, 0.15) is 11.2 Å². The molecule has 0 N–H and O–H groups in total. The number of benzene rings is 6. The van der Waals surface area contributed by atoms with Crippen molar-refractivity contribution in [1.82, 2.24) is 19.9 Å². The van der Waals surface area contributed by atoms with E-state index >= 15 is 0 Å². The second kappa shape index (κ2) is 11.2. The fourth-order valence-corrected chi connectivity index (χ4v) is 6.29. The van der Waals surface area contributed by atoms with E-state index in [-0.39, 0.29) is 0 Å². The van der Waals surface area contributed by atoms with Gasteiger partial charge in [-0.25, -0.2) is 19.9 Å². The van der Waals surface area contributed by atoms with Crippen molar-refractivity contribution in [2.24, 2.45) is 0 Å². The maximum absolute atomic E-state index is 6.56. The van der Waals surface area contributed by atoms with E-state index in [4.69, 9.17) is 24.4 Å². The first kappa shape index (κ1) is 26.9. The summed E-state index contributed by atoms with van der Waals surface area (Å²) in [4.78, 5) is 20.2. The number of aromatic nitrogens is 4. The molecular formula is C42H26N4O. The zero-order valence-electron chi connectivity index (χ0n) is 25.2. The van der Waals surface area contributed by atoms with Crippen LogP contribution in [0.25, 0.3) is 89.4 Å². The quantitative estimate of drug-likeness (QED) is 0.196. The summed E-state index contributed by atoms with van der Waals surface area (Å²) in [5, 5.41) is 3.05. The van der Waals surface area contributed by atoms with Gasteiger partial charge in [-0.05, 0) is 23.8 Å². The van der Waals surface area contributed by atoms with Crippen LogP contribution in [0.1, 0.15) is 0 Å². The van der Waals surface area contributed by atoms with E-state index in [2.05, 4.69) is 54.6 Å². The van der Waals surface area contributed by atoms with Gasteiger partial charge in [-0.3, -0.25) is 0 Å². The first-order chi connectivity index (χ1) is 23.3. The van der Waals surface area contributed by atoms with Crippen LogP contribution < -0.4 is 0 Å². The van der Waals surface area contributed by atoms with E-state index in [9.17, 15) is 0 Å². The zero-order chi connectivity index (χ0) is 31.2. The van der Waals surface area contributed by atoms with Gasteiger partial charge in [0.15, 0.2) is 17.5 Å². The lowest BCUT2D eigenvalue weighted by molar-refractivity contribution is 0.672. The Hall–Kier alpha value is -6.46. The number of nitrogens with zero attached hydrogens (tertiary/aromatic N) is 4. The average Bonchev–Trinajstić information content (AvgIpc) is 3.55. The second-order valence-corrected chi connectivity index (χ2v) is 11.4. The van der Waals surface area contributed by atoms with Crippen LogP contribution in [0.4, 0.5) is 0 Å². The van der Waals surface area contributed by atoms with Crippen molar-refractivity contribution in [2.75, 3.05) is 0 Å². The molecule has 3 heterocycles. The lowest BCUT2D eigenvalue weighted by Crippen LogP contribution is -2.00. The van der Waals surface area contributed by atoms with Gasteiger partial charge in [0.25, 0.3) is 0 Å². The predicted molar refractivity (Wildman–Crippen MR) is 190 cm³/mol. The highest BCUT2D eigenvalue weighted by atomic mass is 16.3. The molecule has 0 atom stereocenters. The fourth-order valence-electron chi connectivity index (χ4n) is 6.29. The van der Waals surface area contributed by atoms with Crippen molar-refractivity contribution in [3.05, 3.63) is 158 Å². The molecule has 0 radical (unpaired) electrons. The first-order valence-electron chi connectivity index (χ1n) is 15.6. The Labute approximate surface area is 270 Å². The van der Waals surface area contributed by atoms with Crippen LogP contribution in [-0.2, 0) is 0 Å². The molecule has 9 rings (SSSR count). The van der Waals surface area contributed by atoms with Crippen LogP contribution in [0.2, 0.25) is 0 Å². The van der Waals surface area contributed by atoms with Crippen LogP contribution >= 0.6 is 0 Å². The summed E-state index contributed by atoms with van der Waals surface area (Å²) < 4.78 is 6.56. The van der Waals surface area contributed by atoms with E-state index < -0.39 is 0 Å². The summed E-state index contributed by atoms with van der Waals surface area (Å²) in [5.74, 6) is 1.87. The summed E-state index contributed by atoms with van der Waals surface area (Å²) in [6.07, 6.45) is 0. The maximum atomic E-state index is 6.56. The Kier molecular flexibility index (Phi) is 6.39. The summed E-state index contributed by atoms with van der Waals surface area (Å²) in [7, 11) is 0. The molecular weight excluding hydrogens is 576 g/mol. The van der Waals surface area contributed by atoms with E-state index in [1.54, 1.807) is 0 Å². The summed E-state index contributed by atoms with van der Waals surface area (Å²) in [6, 6.07) is 53.2. The molecule has 0 bridgehead atoms. The molecule has 6 aromatic carbocycles. The minimum Gasteiger partial charge on any atom is -0.455 e. The Bertz CT molecular complexity index is 2500. The van der Waals surface area contributed by atoms with Crippen molar-refractivity contribution >= 4 is 32.8 Å². The van der Waals surface area contributed by atoms with Crippen LogP contribution in [0.15, 0.2) is 162 Å². The Morgan fingerprint density at radius 2 is 0.894 bits per heavy atom. The largest absolute Gasteiger partial charge is 0.455 e. The molecule has 0 amide bonds. The van der Waals surface area contributed by atoms with Crippen LogP contribution in [0.3, 0.4) is 0 Å². The van der Waals surface area contributed by atoms with E-state index in [1.165, 1.54) is 0 Å². The topological polar surface area (TPSA) is 64.7 Å². The molecule has 0 aliphatic rings. The van der Waals surface area contributed by atoms with E-state index in [0.29, 0.717) is 17.5 Å². The molecule has 3 aromatic heterocycles. The number of furan rings is 1. The van der Waals surface area contributed by atoms with Gasteiger partial charge in [-0.15, -0.1) is 0 Å². The molecule has 5 nitrogen and oxygen atoms in total. The lowest BCUT2D eigenvalue weighted by Gasteiger charge is -2.12. The summed E-state index contributed by atoms with van der Waals surface area (Å²) in [6.45, 7) is 0. The van der Waals surface area contributed by atoms with Gasteiger partial charge < -0.3 is 4.42 Å². The smallest absolute Gasteiger partial charge is 0.164 e. The standard InChI is InChI=1S/C42H26N4O/c1-4-14-27(15-5-1)37-36-33-22-10-11-25-35(33)47-39(36)34-24-13-23-32(38(34)43-37)30-20-12-21-31(26-30)42-45-40(28-16-6-2-7-17-28)44-41(46-42)29-18-8-3-9-19-29/h1-26H.